The molecule has 3 heterocycles. The Morgan fingerprint density at radius 1 is 1.28 bits per heavy atom. The van der Waals surface area contributed by atoms with Gasteiger partial charge < -0.3 is 15.5 Å². The van der Waals surface area contributed by atoms with Crippen LogP contribution in [0.15, 0.2) is 12.4 Å². The Labute approximate surface area is 171 Å². The number of anilines is 3. The van der Waals surface area contributed by atoms with Crippen molar-refractivity contribution in [3.63, 3.8) is 0 Å². The Morgan fingerprint density at radius 3 is 2.90 bits per heavy atom. The summed E-state index contributed by atoms with van der Waals surface area (Å²) in [4.78, 5) is 23.1. The first-order chi connectivity index (χ1) is 14.0. The molecule has 4 atom stereocenters. The summed E-state index contributed by atoms with van der Waals surface area (Å²) < 4.78 is 2.10. The van der Waals surface area contributed by atoms with Crippen LogP contribution in [0, 0.1) is 24.7 Å². The van der Waals surface area contributed by atoms with Crippen molar-refractivity contribution in [2.24, 2.45) is 17.8 Å². The Kier molecular flexibility index (Phi) is 4.44. The maximum absolute atomic E-state index is 12.0. The van der Waals surface area contributed by atoms with E-state index in [9.17, 15) is 4.79 Å². The Bertz CT molecular complexity index is 939. The number of nitrogens with one attached hydrogen (secondary N) is 2. The van der Waals surface area contributed by atoms with E-state index in [0.29, 0.717) is 18.2 Å². The lowest BCUT2D eigenvalue weighted by Crippen LogP contribution is -2.44. The number of carbonyl (C=O) groups excluding carboxylic acids is 1. The molecule has 2 aliphatic carbocycles. The molecule has 0 radical (unpaired) electrons. The predicted molar refractivity (Wildman–Crippen MR) is 112 cm³/mol. The quantitative estimate of drug-likeness (QED) is 0.809. The molecule has 5 rings (SSSR count). The average Bonchev–Trinajstić information content (AvgIpc) is 3.43. The van der Waals surface area contributed by atoms with E-state index in [1.54, 1.807) is 0 Å². The third kappa shape index (κ3) is 3.34. The summed E-state index contributed by atoms with van der Waals surface area (Å²) in [5, 5.41) is 10.8. The van der Waals surface area contributed by atoms with Gasteiger partial charge in [0.15, 0.2) is 5.82 Å². The van der Waals surface area contributed by atoms with Gasteiger partial charge in [-0.25, -0.2) is 4.98 Å². The maximum atomic E-state index is 12.0. The van der Waals surface area contributed by atoms with Gasteiger partial charge in [0.1, 0.15) is 11.7 Å². The maximum Gasteiger partial charge on any atom is 0.246 e. The molecular weight excluding hydrogens is 366 g/mol. The molecule has 0 aromatic carbocycles. The molecule has 2 aromatic heterocycles. The summed E-state index contributed by atoms with van der Waals surface area (Å²) in [6.07, 6.45) is 9.73. The molecule has 8 nitrogen and oxygen atoms in total. The molecule has 8 heteroatoms. The van der Waals surface area contributed by atoms with Crippen LogP contribution in [0.3, 0.4) is 0 Å². The van der Waals surface area contributed by atoms with Gasteiger partial charge in [0.25, 0.3) is 0 Å². The molecule has 1 aliphatic heterocycles. The third-order valence-electron chi connectivity index (χ3n) is 7.06. The predicted octanol–water partition coefficient (Wildman–Crippen LogP) is 2.81. The SMILES string of the molecule is Cc1nc(NCc2cnn(CC3CC4CCC3C4)c2)nc2c1NC(=O)[C@H](C)N2C. The first kappa shape index (κ1) is 18.4. The number of likely N-dealkylation sites (N-methyl/N-ethyl adjacent to an activating group) is 1. The van der Waals surface area contributed by atoms with Crippen LogP contribution in [-0.2, 0) is 17.9 Å². The molecule has 2 aromatic rings. The number of fused-ring (bicyclic) bond motifs is 3. The van der Waals surface area contributed by atoms with Gasteiger partial charge in [0.2, 0.25) is 11.9 Å². The summed E-state index contributed by atoms with van der Waals surface area (Å²) in [6.45, 7) is 5.43. The van der Waals surface area contributed by atoms with Crippen molar-refractivity contribution >= 4 is 23.4 Å². The molecule has 2 N–H and O–H groups in total. The van der Waals surface area contributed by atoms with Crippen LogP contribution in [-0.4, -0.2) is 38.7 Å². The highest BCUT2D eigenvalue weighted by atomic mass is 16.2. The first-order valence-corrected chi connectivity index (χ1v) is 10.7. The largest absolute Gasteiger partial charge is 0.350 e. The normalized spacial score (nSPS) is 27.8. The fourth-order valence-corrected chi connectivity index (χ4v) is 5.24. The molecule has 1 amide bonds. The van der Waals surface area contributed by atoms with Crippen molar-refractivity contribution in [1.82, 2.24) is 19.7 Å². The van der Waals surface area contributed by atoms with Gasteiger partial charge in [0, 0.05) is 31.9 Å². The molecule has 2 bridgehead atoms. The molecule has 0 spiro atoms. The summed E-state index contributed by atoms with van der Waals surface area (Å²) >= 11 is 0. The number of hydrogen-bond acceptors (Lipinski definition) is 6. The zero-order valence-corrected chi connectivity index (χ0v) is 17.4. The zero-order valence-electron chi connectivity index (χ0n) is 17.4. The number of amides is 1. The summed E-state index contributed by atoms with van der Waals surface area (Å²) in [6, 6.07) is -0.256. The zero-order chi connectivity index (χ0) is 20.1. The highest BCUT2D eigenvalue weighted by Gasteiger charge is 2.39. The van der Waals surface area contributed by atoms with E-state index in [2.05, 4.69) is 36.6 Å². The van der Waals surface area contributed by atoms with E-state index in [1.165, 1.54) is 25.7 Å². The van der Waals surface area contributed by atoms with E-state index in [-0.39, 0.29) is 11.9 Å². The lowest BCUT2D eigenvalue weighted by molar-refractivity contribution is -0.117. The minimum Gasteiger partial charge on any atom is -0.350 e. The van der Waals surface area contributed by atoms with Crippen LogP contribution in [0.5, 0.6) is 0 Å². The Balaban J connectivity index is 1.25. The second-order valence-corrected chi connectivity index (χ2v) is 8.97. The average molecular weight is 396 g/mol. The summed E-state index contributed by atoms with van der Waals surface area (Å²) in [7, 11) is 1.89. The van der Waals surface area contributed by atoms with Crippen molar-refractivity contribution in [1.29, 1.82) is 0 Å². The fourth-order valence-electron chi connectivity index (χ4n) is 5.24. The number of rotatable bonds is 5. The third-order valence-corrected chi connectivity index (χ3v) is 7.06. The van der Waals surface area contributed by atoms with Crippen LogP contribution in [0.1, 0.15) is 43.9 Å². The first-order valence-electron chi connectivity index (χ1n) is 10.7. The standard InChI is InChI=1S/C21H29N7O/c1-12-18-19(27(3)13(2)20(29)25-18)26-21(24-12)22-8-15-9-23-28(10-15)11-17-7-14-4-5-16(17)6-14/h9-10,13-14,16-17H,4-8,11H2,1-3H3,(H,25,29)(H,22,24,26)/t13-,14?,16?,17?/m0/s1. The van der Waals surface area contributed by atoms with E-state index in [0.717, 1.165) is 41.4 Å². The second-order valence-electron chi connectivity index (χ2n) is 8.97. The minimum atomic E-state index is -0.256. The van der Waals surface area contributed by atoms with Crippen LogP contribution >= 0.6 is 0 Å². The van der Waals surface area contributed by atoms with Gasteiger partial charge in [-0.3, -0.25) is 9.48 Å². The Morgan fingerprint density at radius 2 is 2.14 bits per heavy atom. The molecular formula is C21H29N7O. The number of hydrogen-bond donors (Lipinski definition) is 2. The molecule has 3 aliphatic rings. The number of aromatic nitrogens is 4. The van der Waals surface area contributed by atoms with Crippen molar-refractivity contribution in [2.45, 2.75) is 58.7 Å². The van der Waals surface area contributed by atoms with Crippen molar-refractivity contribution in [3.05, 3.63) is 23.7 Å². The molecule has 2 fully saturated rings. The summed E-state index contributed by atoms with van der Waals surface area (Å²) in [5.74, 6) is 3.97. The van der Waals surface area contributed by atoms with E-state index in [1.807, 2.05) is 32.0 Å². The van der Waals surface area contributed by atoms with Crippen molar-refractivity contribution in [3.8, 4) is 0 Å². The van der Waals surface area contributed by atoms with Crippen LogP contribution in [0.4, 0.5) is 17.5 Å². The smallest absolute Gasteiger partial charge is 0.246 e. The highest BCUT2D eigenvalue weighted by molar-refractivity contribution is 6.03. The van der Waals surface area contributed by atoms with Gasteiger partial charge in [-0.05, 0) is 50.9 Å². The monoisotopic (exact) mass is 395 g/mol. The van der Waals surface area contributed by atoms with E-state index in [4.69, 9.17) is 0 Å². The summed E-state index contributed by atoms with van der Waals surface area (Å²) in [5.41, 5.74) is 2.58. The van der Waals surface area contributed by atoms with Crippen LogP contribution in [0.2, 0.25) is 0 Å². The van der Waals surface area contributed by atoms with Crippen LogP contribution < -0.4 is 15.5 Å². The van der Waals surface area contributed by atoms with Crippen molar-refractivity contribution < 1.29 is 4.79 Å². The topological polar surface area (TPSA) is 88.0 Å². The number of aryl methyl sites for hydroxylation is 1. The lowest BCUT2D eigenvalue weighted by atomic mass is 9.89. The van der Waals surface area contributed by atoms with E-state index >= 15 is 0 Å². The van der Waals surface area contributed by atoms with E-state index < -0.39 is 0 Å². The van der Waals surface area contributed by atoms with Gasteiger partial charge in [-0.2, -0.15) is 10.1 Å². The highest BCUT2D eigenvalue weighted by Crippen LogP contribution is 2.48. The van der Waals surface area contributed by atoms with Crippen LogP contribution in [0.25, 0.3) is 0 Å². The van der Waals surface area contributed by atoms with Crippen molar-refractivity contribution in [2.75, 3.05) is 22.6 Å². The van der Waals surface area contributed by atoms with Gasteiger partial charge in [0.05, 0.1) is 11.9 Å². The molecule has 0 saturated heterocycles. The lowest BCUT2D eigenvalue weighted by Gasteiger charge is -2.32. The van der Waals surface area contributed by atoms with Gasteiger partial charge >= 0.3 is 0 Å². The molecule has 2 saturated carbocycles. The molecule has 3 unspecified atom stereocenters. The molecule has 154 valence electrons. The van der Waals surface area contributed by atoms with Gasteiger partial charge in [-0.15, -0.1) is 0 Å². The Hall–Kier alpha value is -2.64. The van der Waals surface area contributed by atoms with Gasteiger partial charge in [-0.1, -0.05) is 6.42 Å². The minimum absolute atomic E-state index is 0.0321. The second kappa shape index (κ2) is 7.00. The molecule has 29 heavy (non-hydrogen) atoms. The number of nitrogens with zero attached hydrogens (tertiary/aromatic N) is 5. The fraction of sp³-hybridized carbons (Fsp3) is 0.619. The number of carbonyl (C=O) groups is 1.